The molecule has 0 amide bonds. The highest BCUT2D eigenvalue weighted by atomic mass is 32.1. The number of nitrogens with two attached hydrogens (primary N) is 1. The van der Waals surface area contributed by atoms with Crippen LogP contribution >= 0.6 is 12.2 Å². The molecule has 2 N–H and O–H groups in total. The molecule has 2 rings (SSSR count). The molecular weight excluding hydrogens is 272 g/mol. The topological polar surface area (TPSA) is 47.7 Å². The van der Waals surface area contributed by atoms with Gasteiger partial charge in [-0.1, -0.05) is 12.2 Å². The van der Waals surface area contributed by atoms with Gasteiger partial charge in [0.05, 0.1) is 6.61 Å². The number of benzene rings is 1. The third-order valence-corrected chi connectivity index (χ3v) is 3.74. The smallest absolute Gasteiger partial charge is 0.125 e. The number of hydrogen-bond acceptors (Lipinski definition) is 4. The van der Waals surface area contributed by atoms with Crippen LogP contribution in [-0.4, -0.2) is 49.3 Å². The number of nitrogens with zero attached hydrogens (tertiary/aromatic N) is 1. The lowest BCUT2D eigenvalue weighted by molar-refractivity contribution is -0.0405. The van der Waals surface area contributed by atoms with Gasteiger partial charge in [-0.2, -0.15) is 0 Å². The van der Waals surface area contributed by atoms with E-state index >= 15 is 0 Å². The van der Waals surface area contributed by atoms with E-state index in [1.807, 2.05) is 26.0 Å². The minimum Gasteiger partial charge on any atom is -0.490 e. The van der Waals surface area contributed by atoms with E-state index in [9.17, 15) is 0 Å². The van der Waals surface area contributed by atoms with Crippen molar-refractivity contribution in [3.8, 4) is 5.75 Å². The van der Waals surface area contributed by atoms with Crippen LogP contribution in [0.15, 0.2) is 12.1 Å². The number of hydrogen-bond donors (Lipinski definition) is 1. The number of thiocarbonyl (C=S) groups is 1. The van der Waals surface area contributed by atoms with Gasteiger partial charge in [-0.15, -0.1) is 0 Å². The summed E-state index contributed by atoms with van der Waals surface area (Å²) in [6.45, 7) is 7.25. The van der Waals surface area contributed by atoms with Crippen LogP contribution in [0.3, 0.4) is 0 Å². The van der Waals surface area contributed by atoms with Crippen molar-refractivity contribution in [3.63, 3.8) is 0 Å². The summed E-state index contributed by atoms with van der Waals surface area (Å²) < 4.78 is 11.7. The van der Waals surface area contributed by atoms with E-state index in [-0.39, 0.29) is 6.10 Å². The summed E-state index contributed by atoms with van der Waals surface area (Å²) in [5, 5.41) is 0. The van der Waals surface area contributed by atoms with Crippen LogP contribution in [0, 0.1) is 13.8 Å². The molecule has 1 aromatic carbocycles. The van der Waals surface area contributed by atoms with Crippen molar-refractivity contribution >= 4 is 17.2 Å². The molecule has 1 fully saturated rings. The fourth-order valence-electron chi connectivity index (χ4n) is 2.46. The highest BCUT2D eigenvalue weighted by Crippen LogP contribution is 2.25. The quantitative estimate of drug-likeness (QED) is 0.856. The van der Waals surface area contributed by atoms with Gasteiger partial charge in [-0.3, -0.25) is 0 Å². The molecule has 0 saturated carbocycles. The summed E-state index contributed by atoms with van der Waals surface area (Å²) in [4.78, 5) is 2.67. The van der Waals surface area contributed by atoms with E-state index < -0.39 is 0 Å². The van der Waals surface area contributed by atoms with Crippen LogP contribution in [0.2, 0.25) is 0 Å². The summed E-state index contributed by atoms with van der Waals surface area (Å²) >= 11 is 5.02. The van der Waals surface area contributed by atoms with Crippen molar-refractivity contribution in [3.05, 3.63) is 28.8 Å². The van der Waals surface area contributed by atoms with E-state index in [2.05, 4.69) is 11.9 Å². The molecule has 0 aliphatic carbocycles. The predicted octanol–water partition coefficient (Wildman–Crippen LogP) is 1.65. The first-order valence-electron chi connectivity index (χ1n) is 6.81. The van der Waals surface area contributed by atoms with Crippen molar-refractivity contribution in [2.24, 2.45) is 5.73 Å². The van der Waals surface area contributed by atoms with Crippen LogP contribution in [0.25, 0.3) is 0 Å². The number of likely N-dealkylation sites (N-methyl/N-ethyl adjacent to an activating group) is 1. The van der Waals surface area contributed by atoms with Crippen molar-refractivity contribution in [1.82, 2.24) is 4.90 Å². The Kier molecular flexibility index (Phi) is 4.96. The monoisotopic (exact) mass is 294 g/mol. The molecule has 1 saturated heterocycles. The van der Waals surface area contributed by atoms with Crippen LogP contribution in [0.1, 0.15) is 16.7 Å². The van der Waals surface area contributed by atoms with Crippen LogP contribution < -0.4 is 10.5 Å². The minimum absolute atomic E-state index is 0.128. The molecule has 1 heterocycles. The van der Waals surface area contributed by atoms with E-state index in [1.54, 1.807) is 0 Å². The second-order valence-corrected chi connectivity index (χ2v) is 5.81. The molecule has 1 aromatic rings. The van der Waals surface area contributed by atoms with Crippen molar-refractivity contribution in [1.29, 1.82) is 0 Å². The van der Waals surface area contributed by atoms with Gasteiger partial charge in [0, 0.05) is 18.7 Å². The van der Waals surface area contributed by atoms with E-state index in [0.717, 1.165) is 42.1 Å². The third kappa shape index (κ3) is 3.69. The molecule has 0 radical (unpaired) electrons. The molecular formula is C15H22N2O2S. The standard InChI is InChI=1S/C15H22N2O2S/c1-10-6-12(15(16)20)7-11(2)14(10)19-9-13-8-17(3)4-5-18-13/h6-7,13H,4-5,8-9H2,1-3H3,(H2,16,20). The Morgan fingerprint density at radius 2 is 2.10 bits per heavy atom. The maximum absolute atomic E-state index is 5.95. The van der Waals surface area contributed by atoms with Gasteiger partial charge in [-0.05, 0) is 44.2 Å². The van der Waals surface area contributed by atoms with Crippen LogP contribution in [0.4, 0.5) is 0 Å². The van der Waals surface area contributed by atoms with Crippen LogP contribution in [0.5, 0.6) is 5.75 Å². The summed E-state index contributed by atoms with van der Waals surface area (Å²) in [5.41, 5.74) is 8.66. The highest BCUT2D eigenvalue weighted by Gasteiger charge is 2.19. The fraction of sp³-hybridized carbons (Fsp3) is 0.533. The van der Waals surface area contributed by atoms with Crippen LogP contribution in [-0.2, 0) is 4.74 Å². The SMILES string of the molecule is Cc1cc(C(N)=S)cc(C)c1OCC1CN(C)CCO1. The predicted molar refractivity (Wildman–Crippen MR) is 84.5 cm³/mol. The van der Waals surface area contributed by atoms with Crippen molar-refractivity contribution in [2.75, 3.05) is 33.4 Å². The van der Waals surface area contributed by atoms with Gasteiger partial charge in [0.15, 0.2) is 0 Å². The summed E-state index contributed by atoms with van der Waals surface area (Å²) in [7, 11) is 2.10. The summed E-state index contributed by atoms with van der Waals surface area (Å²) in [5.74, 6) is 0.904. The average molecular weight is 294 g/mol. The van der Waals surface area contributed by atoms with Gasteiger partial charge < -0.3 is 20.1 Å². The summed E-state index contributed by atoms with van der Waals surface area (Å²) in [6.07, 6.45) is 0.128. The Hall–Kier alpha value is -1.17. The first-order chi connectivity index (χ1) is 9.47. The first kappa shape index (κ1) is 15.2. The zero-order valence-corrected chi connectivity index (χ0v) is 13.1. The Balaban J connectivity index is 2.04. The van der Waals surface area contributed by atoms with Gasteiger partial charge >= 0.3 is 0 Å². The maximum atomic E-state index is 5.95. The lowest BCUT2D eigenvalue weighted by atomic mass is 10.1. The Bertz CT molecular complexity index is 482. The van der Waals surface area contributed by atoms with Crippen molar-refractivity contribution in [2.45, 2.75) is 20.0 Å². The number of ether oxygens (including phenoxy) is 2. The highest BCUT2D eigenvalue weighted by molar-refractivity contribution is 7.80. The largest absolute Gasteiger partial charge is 0.490 e. The molecule has 5 heteroatoms. The molecule has 0 spiro atoms. The molecule has 20 heavy (non-hydrogen) atoms. The van der Waals surface area contributed by atoms with Crippen molar-refractivity contribution < 1.29 is 9.47 Å². The number of aryl methyl sites for hydroxylation is 2. The van der Waals surface area contributed by atoms with Gasteiger partial charge in [-0.25, -0.2) is 0 Å². The third-order valence-electron chi connectivity index (χ3n) is 3.50. The van der Waals surface area contributed by atoms with E-state index in [1.165, 1.54) is 0 Å². The van der Waals surface area contributed by atoms with E-state index in [4.69, 9.17) is 27.4 Å². The Morgan fingerprint density at radius 1 is 1.45 bits per heavy atom. The number of rotatable bonds is 4. The molecule has 110 valence electrons. The number of morpholine rings is 1. The zero-order chi connectivity index (χ0) is 14.7. The average Bonchev–Trinajstić information content (AvgIpc) is 2.37. The van der Waals surface area contributed by atoms with Gasteiger partial charge in [0.2, 0.25) is 0 Å². The molecule has 4 nitrogen and oxygen atoms in total. The molecule has 1 aliphatic rings. The zero-order valence-electron chi connectivity index (χ0n) is 12.3. The van der Waals surface area contributed by atoms with Gasteiger partial charge in [0.1, 0.15) is 23.4 Å². The minimum atomic E-state index is 0.128. The molecule has 1 aliphatic heterocycles. The Labute approximate surface area is 125 Å². The second-order valence-electron chi connectivity index (χ2n) is 5.37. The second kappa shape index (κ2) is 6.52. The molecule has 1 unspecified atom stereocenters. The lowest BCUT2D eigenvalue weighted by Gasteiger charge is -2.30. The molecule has 0 bridgehead atoms. The lowest BCUT2D eigenvalue weighted by Crippen LogP contribution is -2.42. The first-order valence-corrected chi connectivity index (χ1v) is 7.22. The normalized spacial score (nSPS) is 19.9. The molecule has 0 aromatic heterocycles. The Morgan fingerprint density at radius 3 is 2.65 bits per heavy atom. The van der Waals surface area contributed by atoms with E-state index in [0.29, 0.717) is 11.6 Å². The maximum Gasteiger partial charge on any atom is 0.125 e. The molecule has 1 atom stereocenters. The van der Waals surface area contributed by atoms with Gasteiger partial charge in [0.25, 0.3) is 0 Å². The fourth-order valence-corrected chi connectivity index (χ4v) is 2.58. The summed E-state index contributed by atoms with van der Waals surface area (Å²) in [6, 6.07) is 3.94.